The summed E-state index contributed by atoms with van der Waals surface area (Å²) in [6.07, 6.45) is 0.129. The molecule has 1 aromatic carbocycles. The molecule has 0 spiro atoms. The third-order valence-corrected chi connectivity index (χ3v) is 3.59. The standard InChI is InChI=1S/C14H15ClN2O3/c1-2-17-13(9(15)7-16-17)14(18)12-8-19-10-5-3-4-6-11(10)20-12/h3-7,12,14,18H,2,8H2,1H3. The first-order chi connectivity index (χ1) is 9.70. The molecule has 1 aliphatic heterocycles. The van der Waals surface area contributed by atoms with Crippen LogP contribution in [0.5, 0.6) is 11.5 Å². The van der Waals surface area contributed by atoms with Gasteiger partial charge in [0.25, 0.3) is 0 Å². The molecule has 1 aliphatic rings. The molecule has 0 aliphatic carbocycles. The van der Waals surface area contributed by atoms with Gasteiger partial charge in [-0.15, -0.1) is 0 Å². The molecule has 6 heteroatoms. The molecule has 2 atom stereocenters. The number of fused-ring (bicyclic) bond motifs is 1. The number of rotatable bonds is 3. The van der Waals surface area contributed by atoms with Crippen molar-refractivity contribution >= 4 is 11.6 Å². The zero-order valence-electron chi connectivity index (χ0n) is 11.0. The first-order valence-corrected chi connectivity index (χ1v) is 6.86. The van der Waals surface area contributed by atoms with Gasteiger partial charge in [0.2, 0.25) is 0 Å². The van der Waals surface area contributed by atoms with E-state index in [2.05, 4.69) is 5.10 Å². The fourth-order valence-electron chi connectivity index (χ4n) is 2.29. The summed E-state index contributed by atoms with van der Waals surface area (Å²) in [7, 11) is 0. The first-order valence-electron chi connectivity index (χ1n) is 6.48. The third-order valence-electron chi connectivity index (χ3n) is 3.30. The number of hydrogen-bond donors (Lipinski definition) is 1. The Morgan fingerprint density at radius 2 is 2.20 bits per heavy atom. The van der Waals surface area contributed by atoms with Crippen molar-refractivity contribution in [2.75, 3.05) is 6.61 Å². The van der Waals surface area contributed by atoms with E-state index < -0.39 is 12.2 Å². The molecular formula is C14H15ClN2O3. The number of nitrogens with zero attached hydrogens (tertiary/aromatic N) is 2. The molecule has 0 amide bonds. The van der Waals surface area contributed by atoms with Gasteiger partial charge >= 0.3 is 0 Å². The second-order valence-corrected chi connectivity index (χ2v) is 4.96. The summed E-state index contributed by atoms with van der Waals surface area (Å²) in [4.78, 5) is 0. The normalized spacial score (nSPS) is 18.9. The van der Waals surface area contributed by atoms with Crippen molar-refractivity contribution in [2.45, 2.75) is 25.7 Å². The number of hydrogen-bond acceptors (Lipinski definition) is 4. The summed E-state index contributed by atoms with van der Waals surface area (Å²) in [6.45, 7) is 2.83. The van der Waals surface area contributed by atoms with Crippen molar-refractivity contribution in [2.24, 2.45) is 0 Å². The lowest BCUT2D eigenvalue weighted by Gasteiger charge is -2.30. The van der Waals surface area contributed by atoms with Gasteiger partial charge in [-0.05, 0) is 19.1 Å². The fraction of sp³-hybridized carbons (Fsp3) is 0.357. The quantitative estimate of drug-likeness (QED) is 0.944. The summed E-state index contributed by atoms with van der Waals surface area (Å²) in [5, 5.41) is 15.1. The molecule has 106 valence electrons. The van der Waals surface area contributed by atoms with E-state index in [0.717, 1.165) is 0 Å². The Bertz CT molecular complexity index is 614. The number of benzene rings is 1. The molecule has 3 rings (SSSR count). The maximum Gasteiger partial charge on any atom is 0.164 e. The smallest absolute Gasteiger partial charge is 0.164 e. The van der Waals surface area contributed by atoms with E-state index in [1.807, 2.05) is 31.2 Å². The fourth-order valence-corrected chi connectivity index (χ4v) is 2.54. The number of ether oxygens (including phenoxy) is 2. The highest BCUT2D eigenvalue weighted by Crippen LogP contribution is 2.35. The van der Waals surface area contributed by atoms with Crippen LogP contribution in [-0.2, 0) is 6.54 Å². The number of aromatic nitrogens is 2. The van der Waals surface area contributed by atoms with Gasteiger partial charge in [0.1, 0.15) is 12.7 Å². The summed E-state index contributed by atoms with van der Waals surface area (Å²) < 4.78 is 13.1. The van der Waals surface area contributed by atoms with E-state index in [1.165, 1.54) is 6.20 Å². The molecule has 5 nitrogen and oxygen atoms in total. The molecule has 20 heavy (non-hydrogen) atoms. The first kappa shape index (κ1) is 13.3. The van der Waals surface area contributed by atoms with E-state index in [9.17, 15) is 5.11 Å². The number of halogens is 1. The van der Waals surface area contributed by atoms with Crippen LogP contribution in [0.3, 0.4) is 0 Å². The molecule has 0 radical (unpaired) electrons. The zero-order chi connectivity index (χ0) is 14.1. The van der Waals surface area contributed by atoms with Gasteiger partial charge in [-0.1, -0.05) is 23.7 Å². The van der Waals surface area contributed by atoms with E-state index >= 15 is 0 Å². The Hall–Kier alpha value is -1.72. The van der Waals surface area contributed by atoms with Crippen LogP contribution in [0.15, 0.2) is 30.5 Å². The Morgan fingerprint density at radius 1 is 1.45 bits per heavy atom. The van der Waals surface area contributed by atoms with Crippen molar-refractivity contribution in [1.29, 1.82) is 0 Å². The van der Waals surface area contributed by atoms with Crippen LogP contribution in [0.1, 0.15) is 18.7 Å². The van der Waals surface area contributed by atoms with Crippen molar-refractivity contribution in [1.82, 2.24) is 9.78 Å². The Morgan fingerprint density at radius 3 is 2.95 bits per heavy atom. The molecule has 2 unspecified atom stereocenters. The minimum absolute atomic E-state index is 0.267. The van der Waals surface area contributed by atoms with Crippen LogP contribution >= 0.6 is 11.6 Å². The van der Waals surface area contributed by atoms with Crippen LogP contribution in [0.4, 0.5) is 0 Å². The monoisotopic (exact) mass is 294 g/mol. The number of para-hydroxylation sites is 2. The highest BCUT2D eigenvalue weighted by atomic mass is 35.5. The molecule has 2 heterocycles. The number of aryl methyl sites for hydroxylation is 1. The van der Waals surface area contributed by atoms with Crippen LogP contribution in [0, 0.1) is 0 Å². The Labute approximate surface area is 121 Å². The SMILES string of the molecule is CCn1ncc(Cl)c1C(O)C1COc2ccccc2O1. The molecule has 1 N–H and O–H groups in total. The lowest BCUT2D eigenvalue weighted by atomic mass is 10.1. The molecule has 0 fully saturated rings. The number of aliphatic hydroxyl groups excluding tert-OH is 1. The summed E-state index contributed by atoms with van der Waals surface area (Å²) >= 11 is 6.10. The van der Waals surface area contributed by atoms with Crippen molar-refractivity contribution < 1.29 is 14.6 Å². The van der Waals surface area contributed by atoms with Gasteiger partial charge in [-0.2, -0.15) is 5.10 Å². The van der Waals surface area contributed by atoms with Gasteiger partial charge in [0, 0.05) is 6.54 Å². The maximum absolute atomic E-state index is 10.5. The van der Waals surface area contributed by atoms with Crippen LogP contribution in [0.2, 0.25) is 5.02 Å². The van der Waals surface area contributed by atoms with Crippen LogP contribution in [0.25, 0.3) is 0 Å². The Kier molecular flexibility index (Phi) is 3.54. The second-order valence-electron chi connectivity index (χ2n) is 4.55. The predicted molar refractivity (Wildman–Crippen MR) is 74.2 cm³/mol. The van der Waals surface area contributed by atoms with E-state index in [-0.39, 0.29) is 6.61 Å². The zero-order valence-corrected chi connectivity index (χ0v) is 11.7. The summed E-state index contributed by atoms with van der Waals surface area (Å²) in [6, 6.07) is 7.39. The third kappa shape index (κ3) is 2.23. The van der Waals surface area contributed by atoms with Crippen molar-refractivity contribution in [3.8, 4) is 11.5 Å². The van der Waals surface area contributed by atoms with Gasteiger partial charge in [0.05, 0.1) is 16.9 Å². The molecule has 0 bridgehead atoms. The van der Waals surface area contributed by atoms with Gasteiger partial charge in [-0.3, -0.25) is 4.68 Å². The highest BCUT2D eigenvalue weighted by molar-refractivity contribution is 6.31. The van der Waals surface area contributed by atoms with Crippen LogP contribution in [-0.4, -0.2) is 27.6 Å². The molecule has 0 saturated carbocycles. The lowest BCUT2D eigenvalue weighted by molar-refractivity contribution is -0.0152. The molecular weight excluding hydrogens is 280 g/mol. The van der Waals surface area contributed by atoms with Gasteiger partial charge in [0.15, 0.2) is 17.6 Å². The molecule has 2 aromatic rings. The molecule has 1 aromatic heterocycles. The van der Waals surface area contributed by atoms with Crippen LogP contribution < -0.4 is 9.47 Å². The highest BCUT2D eigenvalue weighted by Gasteiger charge is 2.32. The maximum atomic E-state index is 10.5. The summed E-state index contributed by atoms with van der Waals surface area (Å²) in [5.74, 6) is 1.31. The average molecular weight is 295 g/mol. The minimum Gasteiger partial charge on any atom is -0.486 e. The average Bonchev–Trinajstić information content (AvgIpc) is 2.87. The van der Waals surface area contributed by atoms with E-state index in [0.29, 0.717) is 28.8 Å². The van der Waals surface area contributed by atoms with Gasteiger partial charge in [-0.25, -0.2) is 0 Å². The van der Waals surface area contributed by atoms with E-state index in [4.69, 9.17) is 21.1 Å². The van der Waals surface area contributed by atoms with Crippen molar-refractivity contribution in [3.63, 3.8) is 0 Å². The second kappa shape index (κ2) is 5.34. The minimum atomic E-state index is -0.890. The summed E-state index contributed by atoms with van der Waals surface area (Å²) in [5.41, 5.74) is 0.558. The topological polar surface area (TPSA) is 56.5 Å². The van der Waals surface area contributed by atoms with Gasteiger partial charge < -0.3 is 14.6 Å². The van der Waals surface area contributed by atoms with E-state index in [1.54, 1.807) is 4.68 Å². The largest absolute Gasteiger partial charge is 0.486 e. The van der Waals surface area contributed by atoms with Crippen molar-refractivity contribution in [3.05, 3.63) is 41.2 Å². The lowest BCUT2D eigenvalue weighted by Crippen LogP contribution is -2.36. The Balaban J connectivity index is 1.85. The number of aliphatic hydroxyl groups is 1. The molecule has 0 saturated heterocycles. The predicted octanol–water partition coefficient (Wildman–Crippen LogP) is 2.43.